The molecule has 0 amide bonds. The average Bonchev–Trinajstić information content (AvgIpc) is 3.22. The lowest BCUT2D eigenvalue weighted by atomic mass is 10.3. The Kier molecular flexibility index (Phi) is 4.96. The molecule has 0 spiro atoms. The summed E-state index contributed by atoms with van der Waals surface area (Å²) in [4.78, 5) is 4.51. The van der Waals surface area contributed by atoms with Gasteiger partial charge in [0.05, 0.1) is 5.69 Å². The molecule has 0 aliphatic heterocycles. The Morgan fingerprint density at radius 2 is 1.88 bits per heavy atom. The maximum absolute atomic E-state index is 5.75. The highest BCUT2D eigenvalue weighted by Gasteiger charge is 2.08. The van der Waals surface area contributed by atoms with E-state index in [4.69, 9.17) is 16.6 Å². The van der Waals surface area contributed by atoms with Gasteiger partial charge in [0.25, 0.3) is 0 Å². The molecule has 0 bridgehead atoms. The predicted molar refractivity (Wildman–Crippen MR) is 105 cm³/mol. The smallest absolute Gasteiger partial charge is 0.195 e. The molecule has 0 radical (unpaired) electrons. The van der Waals surface area contributed by atoms with Crippen molar-refractivity contribution in [3.63, 3.8) is 0 Å². The second-order valence-electron chi connectivity index (χ2n) is 5.41. The lowest BCUT2D eigenvalue weighted by Crippen LogP contribution is -1.95. The fourth-order valence-corrected chi connectivity index (χ4v) is 4.83. The quantitative estimate of drug-likeness (QED) is 0.248. The van der Waals surface area contributed by atoms with Crippen molar-refractivity contribution in [2.75, 3.05) is 5.75 Å². The van der Waals surface area contributed by atoms with Crippen molar-refractivity contribution in [2.24, 2.45) is 0 Å². The molecule has 2 heterocycles. The van der Waals surface area contributed by atoms with Gasteiger partial charge in [0, 0.05) is 12.2 Å². The molecule has 126 valence electrons. The summed E-state index contributed by atoms with van der Waals surface area (Å²) in [6.45, 7) is 0. The Morgan fingerprint density at radius 1 is 1.08 bits per heavy atom. The summed E-state index contributed by atoms with van der Waals surface area (Å²) in [6, 6.07) is 17.8. The van der Waals surface area contributed by atoms with E-state index in [0.29, 0.717) is 0 Å². The van der Waals surface area contributed by atoms with Gasteiger partial charge in [0.1, 0.15) is 5.52 Å². The van der Waals surface area contributed by atoms with Crippen LogP contribution < -0.4 is 0 Å². The summed E-state index contributed by atoms with van der Waals surface area (Å²) in [6.07, 6.45) is 1.81. The SMILES string of the molecule is S=c1sc(SCCCc2nc3ccccc3o2)nn1-c1ccccc1. The maximum Gasteiger partial charge on any atom is 0.195 e. The fraction of sp³-hybridized carbons (Fsp3) is 0.167. The number of benzene rings is 2. The predicted octanol–water partition coefficient (Wildman–Crippen LogP) is 5.53. The zero-order valence-electron chi connectivity index (χ0n) is 13.3. The van der Waals surface area contributed by atoms with E-state index in [1.54, 1.807) is 23.1 Å². The van der Waals surface area contributed by atoms with Gasteiger partial charge in [-0.2, -0.15) is 0 Å². The van der Waals surface area contributed by atoms with E-state index in [2.05, 4.69) is 10.1 Å². The molecule has 0 fully saturated rings. The first-order valence-electron chi connectivity index (χ1n) is 7.92. The maximum atomic E-state index is 5.75. The molecule has 2 aromatic carbocycles. The van der Waals surface area contributed by atoms with Crippen LogP contribution in [0.15, 0.2) is 63.4 Å². The molecule has 0 saturated carbocycles. The summed E-state index contributed by atoms with van der Waals surface area (Å²) in [5.74, 6) is 1.75. The Balaban J connectivity index is 1.35. The van der Waals surface area contributed by atoms with E-state index in [9.17, 15) is 0 Å². The van der Waals surface area contributed by atoms with E-state index in [1.807, 2.05) is 59.3 Å². The summed E-state index contributed by atoms with van der Waals surface area (Å²) in [7, 11) is 0. The average molecular weight is 386 g/mol. The zero-order valence-corrected chi connectivity index (χ0v) is 15.7. The van der Waals surface area contributed by atoms with Crippen molar-refractivity contribution >= 4 is 46.4 Å². The first kappa shape index (κ1) is 16.5. The first-order valence-corrected chi connectivity index (χ1v) is 10.1. The van der Waals surface area contributed by atoms with Gasteiger partial charge in [-0.15, -0.1) is 5.10 Å². The van der Waals surface area contributed by atoms with Crippen molar-refractivity contribution in [2.45, 2.75) is 17.2 Å². The highest BCUT2D eigenvalue weighted by Crippen LogP contribution is 2.25. The number of hydrogen-bond donors (Lipinski definition) is 0. The molecule has 0 atom stereocenters. The molecule has 4 aromatic rings. The Bertz CT molecular complexity index is 1000. The first-order chi connectivity index (χ1) is 12.3. The van der Waals surface area contributed by atoms with E-state index < -0.39 is 0 Å². The van der Waals surface area contributed by atoms with Gasteiger partial charge in [-0.1, -0.05) is 53.4 Å². The minimum atomic E-state index is 0.771. The third-order valence-corrected chi connectivity index (χ3v) is 6.08. The molecular weight excluding hydrogens is 370 g/mol. The van der Waals surface area contributed by atoms with Crippen LogP contribution in [0.3, 0.4) is 0 Å². The number of rotatable bonds is 6. The van der Waals surface area contributed by atoms with Gasteiger partial charge in [-0.3, -0.25) is 0 Å². The summed E-state index contributed by atoms with van der Waals surface area (Å²) in [5, 5.41) is 4.61. The third kappa shape index (κ3) is 3.84. The van der Waals surface area contributed by atoms with E-state index in [-0.39, 0.29) is 0 Å². The monoisotopic (exact) mass is 385 g/mol. The van der Waals surface area contributed by atoms with Crippen LogP contribution in [0.1, 0.15) is 12.3 Å². The van der Waals surface area contributed by atoms with Gasteiger partial charge in [-0.05, 0) is 42.9 Å². The van der Waals surface area contributed by atoms with Crippen LogP contribution >= 0.6 is 35.3 Å². The number of oxazole rings is 1. The van der Waals surface area contributed by atoms with Crippen LogP contribution in [0.2, 0.25) is 0 Å². The number of nitrogens with zero attached hydrogens (tertiary/aromatic N) is 3. The number of aryl methyl sites for hydroxylation is 1. The lowest BCUT2D eigenvalue weighted by Gasteiger charge is -1.99. The molecule has 0 saturated heterocycles. The third-order valence-electron chi connectivity index (χ3n) is 3.63. The highest BCUT2D eigenvalue weighted by atomic mass is 32.2. The lowest BCUT2D eigenvalue weighted by molar-refractivity contribution is 0.526. The second-order valence-corrected chi connectivity index (χ2v) is 8.37. The van der Waals surface area contributed by atoms with E-state index >= 15 is 0 Å². The molecule has 7 heteroatoms. The molecule has 4 rings (SSSR count). The largest absolute Gasteiger partial charge is 0.441 e. The minimum Gasteiger partial charge on any atom is -0.441 e. The van der Waals surface area contributed by atoms with Gasteiger partial charge in [0.2, 0.25) is 0 Å². The topological polar surface area (TPSA) is 43.9 Å². The molecule has 25 heavy (non-hydrogen) atoms. The van der Waals surface area contributed by atoms with Crippen molar-refractivity contribution in [3.8, 4) is 5.69 Å². The van der Waals surface area contributed by atoms with Crippen molar-refractivity contribution in [3.05, 3.63) is 64.4 Å². The molecule has 0 aliphatic carbocycles. The van der Waals surface area contributed by atoms with Crippen LogP contribution in [-0.4, -0.2) is 20.5 Å². The zero-order chi connectivity index (χ0) is 17.1. The van der Waals surface area contributed by atoms with Crippen LogP contribution in [0.5, 0.6) is 0 Å². The van der Waals surface area contributed by atoms with E-state index in [1.165, 1.54) is 0 Å². The minimum absolute atomic E-state index is 0.771. The standard InChI is InChI=1S/C18H15N3OS3/c23-18-21(13-7-2-1-3-8-13)20-17(25-18)24-12-6-11-16-19-14-9-4-5-10-15(14)22-16/h1-5,7-10H,6,11-12H2. The molecule has 4 nitrogen and oxygen atoms in total. The molecule has 0 aliphatic rings. The number of hydrogen-bond acceptors (Lipinski definition) is 6. The van der Waals surface area contributed by atoms with Gasteiger partial charge < -0.3 is 4.42 Å². The Morgan fingerprint density at radius 3 is 2.72 bits per heavy atom. The van der Waals surface area contributed by atoms with Crippen molar-refractivity contribution < 1.29 is 4.42 Å². The number of aromatic nitrogens is 3. The molecule has 2 aromatic heterocycles. The number of para-hydroxylation sites is 3. The highest BCUT2D eigenvalue weighted by molar-refractivity contribution is 8.01. The van der Waals surface area contributed by atoms with E-state index in [0.717, 1.165) is 49.6 Å². The Hall–Kier alpha value is -1.96. The van der Waals surface area contributed by atoms with Gasteiger partial charge in [0.15, 0.2) is 19.8 Å². The van der Waals surface area contributed by atoms with Crippen molar-refractivity contribution in [1.29, 1.82) is 0 Å². The number of thioether (sulfide) groups is 1. The van der Waals surface area contributed by atoms with Crippen LogP contribution in [-0.2, 0) is 6.42 Å². The fourth-order valence-electron chi connectivity index (χ4n) is 2.46. The Labute approximate surface area is 158 Å². The van der Waals surface area contributed by atoms with Crippen LogP contribution in [0, 0.1) is 3.95 Å². The normalized spacial score (nSPS) is 11.2. The van der Waals surface area contributed by atoms with Crippen LogP contribution in [0.25, 0.3) is 16.8 Å². The van der Waals surface area contributed by atoms with Gasteiger partial charge >= 0.3 is 0 Å². The van der Waals surface area contributed by atoms with Crippen LogP contribution in [0.4, 0.5) is 0 Å². The number of fused-ring (bicyclic) bond motifs is 1. The molecule has 0 N–H and O–H groups in total. The summed E-state index contributed by atoms with van der Waals surface area (Å²) < 4.78 is 9.33. The second kappa shape index (κ2) is 7.51. The molecule has 0 unspecified atom stereocenters. The van der Waals surface area contributed by atoms with Gasteiger partial charge in [-0.25, -0.2) is 9.67 Å². The van der Waals surface area contributed by atoms with Crippen molar-refractivity contribution in [1.82, 2.24) is 14.8 Å². The summed E-state index contributed by atoms with van der Waals surface area (Å²) >= 11 is 8.70. The molecular formula is C18H15N3OS3. The summed E-state index contributed by atoms with van der Waals surface area (Å²) in [5.41, 5.74) is 2.77.